The zero-order valence-corrected chi connectivity index (χ0v) is 17.0. The molecule has 6 nitrogen and oxygen atoms in total. The largest absolute Gasteiger partial charge is 0.497 e. The molecule has 0 saturated carbocycles. The molecule has 2 heterocycles. The lowest BCUT2D eigenvalue weighted by Gasteiger charge is -2.41. The molecule has 0 unspecified atom stereocenters. The summed E-state index contributed by atoms with van der Waals surface area (Å²) in [6, 6.07) is 15.5. The number of methoxy groups -OCH3 is 1. The molecule has 0 N–H and O–H groups in total. The van der Waals surface area contributed by atoms with Crippen LogP contribution in [0.2, 0.25) is 0 Å². The van der Waals surface area contributed by atoms with Crippen molar-refractivity contribution in [2.75, 3.05) is 44.7 Å². The van der Waals surface area contributed by atoms with Crippen LogP contribution in [0, 0.1) is 0 Å². The predicted molar refractivity (Wildman–Crippen MR) is 112 cm³/mol. The number of benzene rings is 2. The molecule has 6 heteroatoms. The van der Waals surface area contributed by atoms with Gasteiger partial charge in [-0.15, -0.1) is 0 Å². The molecule has 0 aliphatic carbocycles. The van der Waals surface area contributed by atoms with Gasteiger partial charge in [-0.2, -0.15) is 0 Å². The van der Waals surface area contributed by atoms with Crippen molar-refractivity contribution in [1.82, 2.24) is 9.80 Å². The Bertz CT molecular complexity index is 888. The highest BCUT2D eigenvalue weighted by atomic mass is 16.5. The SMILES string of the molecule is COc1ccc(N2CCN(C(=O)[C@H]3c4ccccc4CCN3C(C)=O)CC2)cc1. The number of hydrogen-bond donors (Lipinski definition) is 0. The molecule has 2 aromatic rings. The Labute approximate surface area is 171 Å². The minimum atomic E-state index is -0.509. The van der Waals surface area contributed by atoms with Crippen molar-refractivity contribution in [1.29, 1.82) is 0 Å². The number of carbonyl (C=O) groups is 2. The van der Waals surface area contributed by atoms with Crippen molar-refractivity contribution in [2.24, 2.45) is 0 Å². The first-order chi connectivity index (χ1) is 14.1. The molecule has 152 valence electrons. The maximum atomic E-state index is 13.5. The fraction of sp³-hybridized carbons (Fsp3) is 0.391. The number of rotatable bonds is 3. The van der Waals surface area contributed by atoms with Gasteiger partial charge in [0.05, 0.1) is 7.11 Å². The molecule has 1 saturated heterocycles. The first-order valence-corrected chi connectivity index (χ1v) is 10.1. The van der Waals surface area contributed by atoms with Crippen LogP contribution in [-0.4, -0.2) is 61.4 Å². The van der Waals surface area contributed by atoms with Crippen LogP contribution in [0.4, 0.5) is 5.69 Å². The highest BCUT2D eigenvalue weighted by molar-refractivity contribution is 5.89. The Morgan fingerprint density at radius 3 is 2.28 bits per heavy atom. The van der Waals surface area contributed by atoms with Gasteiger partial charge in [0.1, 0.15) is 11.8 Å². The second-order valence-corrected chi connectivity index (χ2v) is 7.57. The van der Waals surface area contributed by atoms with Gasteiger partial charge >= 0.3 is 0 Å². The number of amides is 2. The second kappa shape index (κ2) is 8.15. The van der Waals surface area contributed by atoms with Crippen LogP contribution in [0.15, 0.2) is 48.5 Å². The maximum absolute atomic E-state index is 13.5. The summed E-state index contributed by atoms with van der Waals surface area (Å²) in [5, 5.41) is 0. The maximum Gasteiger partial charge on any atom is 0.250 e. The topological polar surface area (TPSA) is 53.1 Å². The van der Waals surface area contributed by atoms with Gasteiger partial charge in [0.15, 0.2) is 0 Å². The van der Waals surface area contributed by atoms with Crippen molar-refractivity contribution in [3.8, 4) is 5.75 Å². The zero-order chi connectivity index (χ0) is 20.4. The number of fused-ring (bicyclic) bond motifs is 1. The van der Waals surface area contributed by atoms with Crippen molar-refractivity contribution in [2.45, 2.75) is 19.4 Å². The molecule has 0 radical (unpaired) electrons. The summed E-state index contributed by atoms with van der Waals surface area (Å²) < 4.78 is 5.23. The first-order valence-electron chi connectivity index (χ1n) is 10.1. The van der Waals surface area contributed by atoms with E-state index in [2.05, 4.69) is 11.0 Å². The lowest BCUT2D eigenvalue weighted by Crippen LogP contribution is -2.54. The van der Waals surface area contributed by atoms with Crippen LogP contribution in [0.5, 0.6) is 5.75 Å². The molecule has 4 rings (SSSR count). The lowest BCUT2D eigenvalue weighted by molar-refractivity contribution is -0.146. The molecule has 0 bridgehead atoms. The van der Waals surface area contributed by atoms with Gasteiger partial charge in [0, 0.05) is 45.3 Å². The molecule has 2 amide bonds. The van der Waals surface area contributed by atoms with Crippen LogP contribution in [0.1, 0.15) is 24.1 Å². The van der Waals surface area contributed by atoms with Crippen LogP contribution < -0.4 is 9.64 Å². The van der Waals surface area contributed by atoms with E-state index in [1.165, 1.54) is 5.56 Å². The molecular formula is C23H27N3O3. The number of ether oxygens (including phenoxy) is 1. The summed E-state index contributed by atoms with van der Waals surface area (Å²) in [6.45, 7) is 4.98. The second-order valence-electron chi connectivity index (χ2n) is 7.57. The third-order valence-corrected chi connectivity index (χ3v) is 5.95. The van der Waals surface area contributed by atoms with Crippen LogP contribution >= 0.6 is 0 Å². The van der Waals surface area contributed by atoms with Gasteiger partial charge in [-0.3, -0.25) is 9.59 Å². The van der Waals surface area contributed by atoms with E-state index in [0.717, 1.165) is 36.5 Å². The summed E-state index contributed by atoms with van der Waals surface area (Å²) in [6.07, 6.45) is 0.796. The van der Waals surface area contributed by atoms with Crippen LogP contribution in [-0.2, 0) is 16.0 Å². The van der Waals surface area contributed by atoms with E-state index in [0.29, 0.717) is 19.6 Å². The normalized spacial score (nSPS) is 19.0. The Kier molecular flexibility index (Phi) is 5.43. The van der Waals surface area contributed by atoms with E-state index >= 15 is 0 Å². The van der Waals surface area contributed by atoms with Crippen molar-refractivity contribution in [3.05, 3.63) is 59.7 Å². The highest BCUT2D eigenvalue weighted by Crippen LogP contribution is 2.32. The van der Waals surface area contributed by atoms with Crippen molar-refractivity contribution in [3.63, 3.8) is 0 Å². The molecule has 2 aliphatic heterocycles. The first kappa shape index (κ1) is 19.3. The smallest absolute Gasteiger partial charge is 0.250 e. The molecule has 1 fully saturated rings. The zero-order valence-electron chi connectivity index (χ0n) is 17.0. The summed E-state index contributed by atoms with van der Waals surface area (Å²) >= 11 is 0. The number of hydrogen-bond acceptors (Lipinski definition) is 4. The molecule has 2 aliphatic rings. The highest BCUT2D eigenvalue weighted by Gasteiger charge is 2.37. The molecule has 29 heavy (non-hydrogen) atoms. The molecule has 2 aromatic carbocycles. The van der Waals surface area contributed by atoms with E-state index in [1.807, 2.05) is 47.4 Å². The lowest BCUT2D eigenvalue weighted by atomic mass is 9.91. The Morgan fingerprint density at radius 2 is 1.62 bits per heavy atom. The van der Waals surface area contributed by atoms with Gasteiger partial charge in [0.25, 0.3) is 0 Å². The van der Waals surface area contributed by atoms with Gasteiger partial charge in [0.2, 0.25) is 11.8 Å². The summed E-state index contributed by atoms with van der Waals surface area (Å²) in [5.41, 5.74) is 3.27. The van der Waals surface area contributed by atoms with Gasteiger partial charge < -0.3 is 19.4 Å². The van der Waals surface area contributed by atoms with Crippen molar-refractivity contribution >= 4 is 17.5 Å². The Balaban J connectivity index is 1.49. The van der Waals surface area contributed by atoms with E-state index in [4.69, 9.17) is 4.74 Å². The summed E-state index contributed by atoms with van der Waals surface area (Å²) in [7, 11) is 1.66. The number of carbonyl (C=O) groups excluding carboxylic acids is 2. The minimum absolute atomic E-state index is 0.0294. The average molecular weight is 393 g/mol. The third-order valence-electron chi connectivity index (χ3n) is 5.95. The van der Waals surface area contributed by atoms with Crippen LogP contribution in [0.25, 0.3) is 0 Å². The predicted octanol–water partition coefficient (Wildman–Crippen LogP) is 2.49. The molecule has 0 aromatic heterocycles. The minimum Gasteiger partial charge on any atom is -0.497 e. The fourth-order valence-electron chi connectivity index (χ4n) is 4.32. The third kappa shape index (κ3) is 3.79. The molecule has 0 spiro atoms. The number of piperazine rings is 1. The number of anilines is 1. The average Bonchev–Trinajstić information content (AvgIpc) is 2.78. The number of nitrogens with zero attached hydrogens (tertiary/aromatic N) is 3. The molecule has 1 atom stereocenters. The quantitative estimate of drug-likeness (QED) is 0.804. The monoisotopic (exact) mass is 393 g/mol. The standard InChI is InChI=1S/C23H27N3O3/c1-17(27)26-12-11-18-5-3-4-6-21(18)22(26)23(28)25-15-13-24(14-16-25)19-7-9-20(29-2)10-8-19/h3-10,22H,11-16H2,1-2H3/t22-/m1/s1. The van der Waals surface area contributed by atoms with E-state index in [9.17, 15) is 9.59 Å². The Hall–Kier alpha value is -3.02. The fourth-order valence-corrected chi connectivity index (χ4v) is 4.32. The van der Waals surface area contributed by atoms with E-state index < -0.39 is 6.04 Å². The van der Waals surface area contributed by atoms with Gasteiger partial charge in [-0.05, 0) is 41.8 Å². The van der Waals surface area contributed by atoms with Crippen molar-refractivity contribution < 1.29 is 14.3 Å². The summed E-state index contributed by atoms with van der Waals surface area (Å²) in [5.74, 6) is 0.819. The summed E-state index contributed by atoms with van der Waals surface area (Å²) in [4.78, 5) is 31.6. The Morgan fingerprint density at radius 1 is 0.931 bits per heavy atom. The van der Waals surface area contributed by atoms with Gasteiger partial charge in [-0.25, -0.2) is 0 Å². The van der Waals surface area contributed by atoms with E-state index in [-0.39, 0.29) is 11.8 Å². The van der Waals surface area contributed by atoms with Gasteiger partial charge in [-0.1, -0.05) is 24.3 Å². The molecular weight excluding hydrogens is 366 g/mol. The van der Waals surface area contributed by atoms with E-state index in [1.54, 1.807) is 18.9 Å². The van der Waals surface area contributed by atoms with Crippen LogP contribution in [0.3, 0.4) is 0 Å².